The van der Waals surface area contributed by atoms with Crippen molar-refractivity contribution in [3.8, 4) is 0 Å². The fourth-order valence-corrected chi connectivity index (χ4v) is 3.90. The number of aryl methyl sites for hydroxylation is 2. The van der Waals surface area contributed by atoms with Gasteiger partial charge in [0, 0.05) is 25.2 Å². The number of rotatable bonds is 3. The normalized spacial score (nSPS) is 28.4. The summed E-state index contributed by atoms with van der Waals surface area (Å²) >= 11 is 0. The summed E-state index contributed by atoms with van der Waals surface area (Å²) < 4.78 is 5.93. The number of benzene rings is 1. The van der Waals surface area contributed by atoms with Crippen LogP contribution in [0.15, 0.2) is 18.2 Å². The minimum atomic E-state index is 0.337. The SMILES string of the molecule is Cc1ccc(C)c(C(CN)N2CCOC3CCCC32)c1. The van der Waals surface area contributed by atoms with Gasteiger partial charge in [-0.2, -0.15) is 0 Å². The monoisotopic (exact) mass is 274 g/mol. The second kappa shape index (κ2) is 5.84. The summed E-state index contributed by atoms with van der Waals surface area (Å²) in [6.07, 6.45) is 4.19. The van der Waals surface area contributed by atoms with Gasteiger partial charge in [0.1, 0.15) is 0 Å². The molecule has 0 bridgehead atoms. The van der Waals surface area contributed by atoms with Gasteiger partial charge in [-0.15, -0.1) is 0 Å². The minimum Gasteiger partial charge on any atom is -0.375 e. The molecular weight excluding hydrogens is 248 g/mol. The van der Waals surface area contributed by atoms with Crippen LogP contribution < -0.4 is 5.73 Å². The van der Waals surface area contributed by atoms with E-state index in [9.17, 15) is 0 Å². The molecule has 0 spiro atoms. The molecule has 2 N–H and O–H groups in total. The predicted octanol–water partition coefficient (Wildman–Crippen LogP) is 2.56. The van der Waals surface area contributed by atoms with Gasteiger partial charge in [0.15, 0.2) is 0 Å². The Morgan fingerprint density at radius 2 is 2.20 bits per heavy atom. The third-order valence-electron chi connectivity index (χ3n) is 4.94. The summed E-state index contributed by atoms with van der Waals surface area (Å²) in [5.41, 5.74) is 10.2. The Kier molecular flexibility index (Phi) is 4.11. The quantitative estimate of drug-likeness (QED) is 0.920. The van der Waals surface area contributed by atoms with Crippen LogP contribution in [-0.2, 0) is 4.74 Å². The molecule has 2 fully saturated rings. The molecule has 1 saturated carbocycles. The Morgan fingerprint density at radius 3 is 3.00 bits per heavy atom. The van der Waals surface area contributed by atoms with E-state index in [2.05, 4.69) is 36.9 Å². The van der Waals surface area contributed by atoms with E-state index < -0.39 is 0 Å². The molecule has 3 rings (SSSR count). The number of ether oxygens (including phenoxy) is 1. The molecular formula is C17H26N2O. The van der Waals surface area contributed by atoms with Crippen LogP contribution >= 0.6 is 0 Å². The highest BCUT2D eigenvalue weighted by atomic mass is 16.5. The molecule has 1 aromatic rings. The Hall–Kier alpha value is -0.900. The number of hydrogen-bond donors (Lipinski definition) is 1. The van der Waals surface area contributed by atoms with Crippen molar-refractivity contribution in [3.05, 3.63) is 34.9 Å². The van der Waals surface area contributed by atoms with Crippen LogP contribution in [0.5, 0.6) is 0 Å². The standard InChI is InChI=1S/C17H26N2O/c1-12-6-7-13(2)14(10-12)16(11-18)19-8-9-20-17-5-3-4-15(17)19/h6-7,10,15-17H,3-5,8-9,11,18H2,1-2H3. The van der Waals surface area contributed by atoms with Crippen LogP contribution in [0.1, 0.15) is 42.0 Å². The highest BCUT2D eigenvalue weighted by molar-refractivity contribution is 5.33. The van der Waals surface area contributed by atoms with Crippen molar-refractivity contribution in [2.24, 2.45) is 5.73 Å². The summed E-state index contributed by atoms with van der Waals surface area (Å²) in [7, 11) is 0. The molecule has 0 radical (unpaired) electrons. The van der Waals surface area contributed by atoms with Gasteiger partial charge in [-0.1, -0.05) is 23.8 Å². The van der Waals surface area contributed by atoms with Gasteiger partial charge < -0.3 is 10.5 Å². The van der Waals surface area contributed by atoms with E-state index in [1.165, 1.54) is 36.0 Å². The summed E-state index contributed by atoms with van der Waals surface area (Å²) in [4.78, 5) is 2.61. The van der Waals surface area contributed by atoms with E-state index >= 15 is 0 Å². The van der Waals surface area contributed by atoms with Crippen molar-refractivity contribution in [2.45, 2.75) is 51.3 Å². The third-order valence-corrected chi connectivity index (χ3v) is 4.94. The smallest absolute Gasteiger partial charge is 0.0731 e. The minimum absolute atomic E-state index is 0.337. The lowest BCUT2D eigenvalue weighted by molar-refractivity contribution is -0.0712. The lowest BCUT2D eigenvalue weighted by Crippen LogP contribution is -2.51. The highest BCUT2D eigenvalue weighted by Crippen LogP contribution is 2.35. The third kappa shape index (κ3) is 2.50. The van der Waals surface area contributed by atoms with E-state index in [4.69, 9.17) is 10.5 Å². The maximum absolute atomic E-state index is 6.15. The first-order valence-electron chi connectivity index (χ1n) is 7.85. The van der Waals surface area contributed by atoms with Crippen molar-refractivity contribution in [1.29, 1.82) is 0 Å². The zero-order valence-corrected chi connectivity index (χ0v) is 12.6. The molecule has 20 heavy (non-hydrogen) atoms. The fraction of sp³-hybridized carbons (Fsp3) is 0.647. The van der Waals surface area contributed by atoms with Crippen LogP contribution in [0.25, 0.3) is 0 Å². The van der Waals surface area contributed by atoms with Gasteiger partial charge >= 0.3 is 0 Å². The van der Waals surface area contributed by atoms with Crippen LogP contribution in [0.2, 0.25) is 0 Å². The zero-order chi connectivity index (χ0) is 14.1. The number of fused-ring (bicyclic) bond motifs is 1. The van der Waals surface area contributed by atoms with Gasteiger partial charge in [0.05, 0.1) is 12.7 Å². The van der Waals surface area contributed by atoms with E-state index in [1.807, 2.05) is 0 Å². The summed E-state index contributed by atoms with van der Waals surface area (Å²) in [6, 6.07) is 7.62. The molecule has 2 aliphatic rings. The second-order valence-corrected chi connectivity index (χ2v) is 6.26. The van der Waals surface area contributed by atoms with Crippen LogP contribution in [0.3, 0.4) is 0 Å². The van der Waals surface area contributed by atoms with Crippen molar-refractivity contribution >= 4 is 0 Å². The largest absolute Gasteiger partial charge is 0.375 e. The maximum atomic E-state index is 6.15. The molecule has 1 saturated heterocycles. The number of nitrogens with two attached hydrogens (primary N) is 1. The lowest BCUT2D eigenvalue weighted by atomic mass is 9.95. The molecule has 3 nitrogen and oxygen atoms in total. The molecule has 3 unspecified atom stereocenters. The van der Waals surface area contributed by atoms with Gasteiger partial charge in [-0.05, 0) is 44.2 Å². The summed E-state index contributed by atoms with van der Waals surface area (Å²) in [5, 5.41) is 0. The summed E-state index contributed by atoms with van der Waals surface area (Å²) in [6.45, 7) is 6.91. The van der Waals surface area contributed by atoms with Gasteiger partial charge in [0.25, 0.3) is 0 Å². The molecule has 0 aromatic heterocycles. The number of nitrogens with zero attached hydrogens (tertiary/aromatic N) is 1. The molecule has 1 heterocycles. The van der Waals surface area contributed by atoms with Gasteiger partial charge in [0.2, 0.25) is 0 Å². The first-order valence-corrected chi connectivity index (χ1v) is 7.85. The van der Waals surface area contributed by atoms with Crippen LogP contribution in [-0.4, -0.2) is 36.7 Å². The zero-order valence-electron chi connectivity index (χ0n) is 12.6. The Morgan fingerprint density at radius 1 is 1.35 bits per heavy atom. The molecule has 3 atom stereocenters. The topological polar surface area (TPSA) is 38.5 Å². The Labute approximate surface area is 122 Å². The molecule has 3 heteroatoms. The van der Waals surface area contributed by atoms with Crippen molar-refractivity contribution in [3.63, 3.8) is 0 Å². The van der Waals surface area contributed by atoms with E-state index in [-0.39, 0.29) is 0 Å². The Bertz CT molecular complexity index is 474. The molecule has 0 amide bonds. The number of hydrogen-bond acceptors (Lipinski definition) is 3. The second-order valence-electron chi connectivity index (χ2n) is 6.26. The van der Waals surface area contributed by atoms with Crippen LogP contribution in [0, 0.1) is 13.8 Å². The van der Waals surface area contributed by atoms with Crippen molar-refractivity contribution < 1.29 is 4.74 Å². The molecule has 1 aliphatic carbocycles. The van der Waals surface area contributed by atoms with Crippen molar-refractivity contribution in [1.82, 2.24) is 4.90 Å². The lowest BCUT2D eigenvalue weighted by Gasteiger charge is -2.43. The molecule has 1 aromatic carbocycles. The van der Waals surface area contributed by atoms with E-state index in [0.717, 1.165) is 13.2 Å². The van der Waals surface area contributed by atoms with E-state index in [0.29, 0.717) is 24.7 Å². The summed E-state index contributed by atoms with van der Waals surface area (Å²) in [5.74, 6) is 0. The van der Waals surface area contributed by atoms with Crippen LogP contribution in [0.4, 0.5) is 0 Å². The average Bonchev–Trinajstić information content (AvgIpc) is 2.92. The fourth-order valence-electron chi connectivity index (χ4n) is 3.90. The predicted molar refractivity (Wildman–Crippen MR) is 81.8 cm³/mol. The Balaban J connectivity index is 1.90. The average molecular weight is 274 g/mol. The van der Waals surface area contributed by atoms with Gasteiger partial charge in [-0.3, -0.25) is 4.90 Å². The highest BCUT2D eigenvalue weighted by Gasteiger charge is 2.39. The first kappa shape index (κ1) is 14.1. The molecule has 110 valence electrons. The maximum Gasteiger partial charge on any atom is 0.0731 e. The van der Waals surface area contributed by atoms with Gasteiger partial charge in [-0.25, -0.2) is 0 Å². The van der Waals surface area contributed by atoms with Crippen molar-refractivity contribution in [2.75, 3.05) is 19.7 Å². The first-order chi connectivity index (χ1) is 9.70. The number of morpholine rings is 1. The van der Waals surface area contributed by atoms with E-state index in [1.54, 1.807) is 0 Å². The molecule has 1 aliphatic heterocycles.